The Kier molecular flexibility index (Phi) is 7.02. The van der Waals surface area contributed by atoms with Gasteiger partial charge >= 0.3 is 0 Å². The van der Waals surface area contributed by atoms with E-state index in [-0.39, 0.29) is 47.7 Å². The fourth-order valence-corrected chi connectivity index (χ4v) is 6.86. The Hall–Kier alpha value is -3.63. The monoisotopic (exact) mass is 539 g/mol. The van der Waals surface area contributed by atoms with Crippen molar-refractivity contribution in [3.05, 3.63) is 36.3 Å². The summed E-state index contributed by atoms with van der Waals surface area (Å²) in [6.07, 6.45) is 7.28. The van der Waals surface area contributed by atoms with Crippen molar-refractivity contribution in [2.75, 3.05) is 13.1 Å². The highest BCUT2D eigenvalue weighted by Gasteiger charge is 2.59. The molecule has 11 nitrogen and oxygen atoms in total. The van der Waals surface area contributed by atoms with E-state index in [4.69, 9.17) is 10.2 Å². The number of rotatable bonds is 8. The molecule has 8 atom stereocenters. The van der Waals surface area contributed by atoms with E-state index in [1.165, 1.54) is 12.3 Å². The number of likely N-dealkylation sites (tertiary alicyclic amines) is 1. The van der Waals surface area contributed by atoms with Crippen LogP contribution in [0.25, 0.3) is 0 Å². The van der Waals surface area contributed by atoms with Gasteiger partial charge in [0.1, 0.15) is 18.1 Å². The molecule has 0 radical (unpaired) electrons. The fourth-order valence-electron chi connectivity index (χ4n) is 6.86. The molecule has 3 heterocycles. The number of nitrogens with one attached hydrogen (secondary N) is 3. The second-order valence-corrected chi connectivity index (χ2v) is 12.4. The van der Waals surface area contributed by atoms with Crippen LogP contribution in [0.1, 0.15) is 50.6 Å². The van der Waals surface area contributed by atoms with Gasteiger partial charge in [0, 0.05) is 19.0 Å². The van der Waals surface area contributed by atoms with Crippen LogP contribution < -0.4 is 21.7 Å². The number of furan rings is 1. The molecule has 2 aliphatic heterocycles. The van der Waals surface area contributed by atoms with Crippen LogP contribution >= 0.6 is 0 Å². The summed E-state index contributed by atoms with van der Waals surface area (Å²) in [6.45, 7) is 6.45. The zero-order chi connectivity index (χ0) is 28.1. The van der Waals surface area contributed by atoms with Crippen LogP contribution in [0.5, 0.6) is 0 Å². The number of nitrogens with two attached hydrogens (primary N) is 1. The van der Waals surface area contributed by atoms with Gasteiger partial charge in [-0.1, -0.05) is 32.9 Å². The predicted molar refractivity (Wildman–Crippen MR) is 139 cm³/mol. The van der Waals surface area contributed by atoms with Crippen molar-refractivity contribution >= 4 is 29.5 Å². The van der Waals surface area contributed by atoms with Crippen molar-refractivity contribution in [2.45, 2.75) is 58.2 Å². The molecule has 1 saturated carbocycles. The van der Waals surface area contributed by atoms with Gasteiger partial charge in [0.2, 0.25) is 23.6 Å². The number of nitrogens with zero attached hydrogens (tertiary/aromatic N) is 1. The molecule has 39 heavy (non-hydrogen) atoms. The number of primary amides is 1. The molecule has 0 aromatic carbocycles. The van der Waals surface area contributed by atoms with Gasteiger partial charge in [-0.3, -0.25) is 24.0 Å². The lowest BCUT2D eigenvalue weighted by atomic mass is 9.81. The Labute approximate surface area is 227 Å². The number of allylic oxidation sites excluding steroid dienone is 2. The average molecular weight is 540 g/mol. The maximum atomic E-state index is 14.2. The SMILES string of the molecule is CC(C)(C)[C@H](NC(=O)c1ccco1)C(=O)N1C[C@H]2[C@@H]([C@H]1C(=O)N[C@@H](C[C@@H]1CCNC1=O)C(N)=O)[C@H]1C=C[C@@H]2C1. The summed E-state index contributed by atoms with van der Waals surface area (Å²) in [5.41, 5.74) is 4.98. The summed E-state index contributed by atoms with van der Waals surface area (Å²) in [4.78, 5) is 66.9. The first kappa shape index (κ1) is 27.0. The van der Waals surface area contributed by atoms with E-state index in [0.717, 1.165) is 6.42 Å². The minimum atomic E-state index is -1.03. The topological polar surface area (TPSA) is 164 Å². The smallest absolute Gasteiger partial charge is 0.287 e. The van der Waals surface area contributed by atoms with Crippen molar-refractivity contribution in [3.8, 4) is 0 Å². The number of fused-ring (bicyclic) bond motifs is 5. The van der Waals surface area contributed by atoms with Crippen molar-refractivity contribution in [3.63, 3.8) is 0 Å². The van der Waals surface area contributed by atoms with Crippen molar-refractivity contribution in [2.24, 2.45) is 40.7 Å². The maximum absolute atomic E-state index is 14.2. The lowest BCUT2D eigenvalue weighted by molar-refractivity contribution is -0.143. The molecule has 2 aliphatic carbocycles. The van der Waals surface area contributed by atoms with Crippen LogP contribution in [-0.4, -0.2) is 65.7 Å². The summed E-state index contributed by atoms with van der Waals surface area (Å²) in [6, 6.07) is 0.330. The standard InChI is InChI=1S/C28H37N5O6/c1-28(2,3)22(32-25(36)19-5-4-10-39-19)27(38)33-13-17-14-6-7-15(11-14)20(17)21(33)26(37)31-18(23(29)34)12-16-8-9-30-24(16)35/h4-7,10,14-18,20-22H,8-9,11-13H2,1-3H3,(H2,29,34)(H,30,35)(H,31,37)(H,32,36)/t14-,15+,16+,17-,18+,20+,21+,22-/m1/s1. The summed E-state index contributed by atoms with van der Waals surface area (Å²) < 4.78 is 5.22. The second kappa shape index (κ2) is 10.2. The zero-order valence-electron chi connectivity index (χ0n) is 22.5. The van der Waals surface area contributed by atoms with Gasteiger partial charge in [-0.25, -0.2) is 0 Å². The van der Waals surface area contributed by atoms with Gasteiger partial charge in [-0.2, -0.15) is 0 Å². The van der Waals surface area contributed by atoms with Crippen LogP contribution in [-0.2, 0) is 19.2 Å². The van der Waals surface area contributed by atoms with Crippen molar-refractivity contribution in [1.29, 1.82) is 0 Å². The van der Waals surface area contributed by atoms with Crippen LogP contribution in [0.15, 0.2) is 35.0 Å². The third kappa shape index (κ3) is 5.06. The van der Waals surface area contributed by atoms with Crippen LogP contribution in [0.2, 0.25) is 0 Å². The van der Waals surface area contributed by atoms with Gasteiger partial charge in [-0.15, -0.1) is 0 Å². The number of amides is 5. The van der Waals surface area contributed by atoms with E-state index in [9.17, 15) is 24.0 Å². The van der Waals surface area contributed by atoms with Gasteiger partial charge in [0.05, 0.1) is 6.26 Å². The van der Waals surface area contributed by atoms with Crippen molar-refractivity contribution < 1.29 is 28.4 Å². The van der Waals surface area contributed by atoms with Gasteiger partial charge in [-0.05, 0) is 60.5 Å². The highest BCUT2D eigenvalue weighted by molar-refractivity contribution is 5.98. The molecule has 11 heteroatoms. The molecule has 1 aromatic heterocycles. The van der Waals surface area contributed by atoms with E-state index < -0.39 is 47.2 Å². The van der Waals surface area contributed by atoms with E-state index in [0.29, 0.717) is 19.5 Å². The normalized spacial score (nSPS) is 30.5. The summed E-state index contributed by atoms with van der Waals surface area (Å²) in [5.74, 6) is -2.11. The van der Waals surface area contributed by atoms with Gasteiger partial charge in [0.15, 0.2) is 5.76 Å². The maximum Gasteiger partial charge on any atom is 0.287 e. The zero-order valence-corrected chi connectivity index (χ0v) is 22.5. The minimum absolute atomic E-state index is 0.0899. The third-order valence-corrected chi connectivity index (χ3v) is 8.82. The molecule has 5 N–H and O–H groups in total. The summed E-state index contributed by atoms with van der Waals surface area (Å²) >= 11 is 0. The molecular formula is C28H37N5O6. The molecule has 5 amide bonds. The van der Waals surface area contributed by atoms with E-state index >= 15 is 0 Å². The molecule has 210 valence electrons. The molecule has 0 unspecified atom stereocenters. The molecule has 2 bridgehead atoms. The van der Waals surface area contributed by atoms with Crippen LogP contribution in [0, 0.1) is 35.0 Å². The molecular weight excluding hydrogens is 502 g/mol. The quantitative estimate of drug-likeness (QED) is 0.353. The average Bonchev–Trinajstić information content (AvgIpc) is 3.68. The van der Waals surface area contributed by atoms with Crippen molar-refractivity contribution in [1.82, 2.24) is 20.9 Å². The summed E-state index contributed by atoms with van der Waals surface area (Å²) in [5, 5.41) is 8.35. The third-order valence-electron chi connectivity index (χ3n) is 8.82. The summed E-state index contributed by atoms with van der Waals surface area (Å²) in [7, 11) is 0. The number of hydrogen-bond donors (Lipinski definition) is 4. The Morgan fingerprint density at radius 1 is 1.18 bits per heavy atom. The van der Waals surface area contributed by atoms with E-state index in [1.54, 1.807) is 11.0 Å². The number of carbonyl (C=O) groups is 5. The molecule has 4 aliphatic rings. The Morgan fingerprint density at radius 2 is 1.92 bits per heavy atom. The molecule has 2 saturated heterocycles. The van der Waals surface area contributed by atoms with Crippen LogP contribution in [0.3, 0.4) is 0 Å². The molecule has 0 spiro atoms. The lowest BCUT2D eigenvalue weighted by Gasteiger charge is -2.37. The number of hydrogen-bond acceptors (Lipinski definition) is 6. The first-order chi connectivity index (χ1) is 18.5. The molecule has 5 rings (SSSR count). The van der Waals surface area contributed by atoms with Gasteiger partial charge < -0.3 is 31.0 Å². The molecule has 1 aromatic rings. The van der Waals surface area contributed by atoms with Gasteiger partial charge in [0.25, 0.3) is 5.91 Å². The van der Waals surface area contributed by atoms with Crippen LogP contribution in [0.4, 0.5) is 0 Å². The minimum Gasteiger partial charge on any atom is -0.459 e. The second-order valence-electron chi connectivity index (χ2n) is 12.4. The Balaban J connectivity index is 1.40. The highest BCUT2D eigenvalue weighted by Crippen LogP contribution is 2.54. The Morgan fingerprint density at radius 3 is 2.54 bits per heavy atom. The number of carbonyl (C=O) groups excluding carboxylic acids is 5. The first-order valence-corrected chi connectivity index (χ1v) is 13.7. The fraction of sp³-hybridized carbons (Fsp3) is 0.607. The lowest BCUT2D eigenvalue weighted by Crippen LogP contribution is -2.60. The highest BCUT2D eigenvalue weighted by atomic mass is 16.3. The largest absolute Gasteiger partial charge is 0.459 e. The predicted octanol–water partition coefficient (Wildman–Crippen LogP) is 0.570. The molecule has 3 fully saturated rings. The van der Waals surface area contributed by atoms with E-state index in [2.05, 4.69) is 28.1 Å². The van der Waals surface area contributed by atoms with E-state index in [1.807, 2.05) is 20.8 Å². The first-order valence-electron chi connectivity index (χ1n) is 13.7. The Bertz CT molecular complexity index is 1190.